The minimum absolute atomic E-state index is 0.0856. The Balaban J connectivity index is 1.82. The maximum Gasteiger partial charge on any atom is 0.194 e. The monoisotopic (exact) mass is 252 g/mol. The van der Waals surface area contributed by atoms with Gasteiger partial charge in [0.25, 0.3) is 0 Å². The minimum atomic E-state index is -0.592. The zero-order chi connectivity index (χ0) is 12.1. The number of alkyl halides is 1. The van der Waals surface area contributed by atoms with Crippen molar-refractivity contribution in [2.24, 2.45) is 5.41 Å². The summed E-state index contributed by atoms with van der Waals surface area (Å²) in [6, 6.07) is 10.1. The lowest BCUT2D eigenvalue weighted by Crippen LogP contribution is -2.42. The van der Waals surface area contributed by atoms with Gasteiger partial charge in [-0.1, -0.05) is 44.2 Å². The Morgan fingerprint density at radius 1 is 1.06 bits per heavy atom. The van der Waals surface area contributed by atoms with Gasteiger partial charge in [-0.3, -0.25) is 0 Å². The summed E-state index contributed by atoms with van der Waals surface area (Å²) in [5, 5.41) is 0. The van der Waals surface area contributed by atoms with E-state index in [1.807, 2.05) is 30.3 Å². The first kappa shape index (κ1) is 11.5. The number of hydrogen-bond acceptors (Lipinski definition) is 2. The Hall–Kier alpha value is -0.570. The van der Waals surface area contributed by atoms with Crippen LogP contribution in [0.4, 0.5) is 0 Å². The van der Waals surface area contributed by atoms with E-state index in [1.165, 1.54) is 0 Å². The van der Waals surface area contributed by atoms with Crippen molar-refractivity contribution >= 4 is 11.6 Å². The Bertz CT molecular complexity index is 419. The van der Waals surface area contributed by atoms with Gasteiger partial charge in [-0.2, -0.15) is 0 Å². The lowest BCUT2D eigenvalue weighted by Gasteiger charge is -2.36. The smallest absolute Gasteiger partial charge is 0.194 e. The van der Waals surface area contributed by atoms with Gasteiger partial charge in [-0.15, -0.1) is 11.6 Å². The number of ether oxygens (including phenoxy) is 2. The van der Waals surface area contributed by atoms with Crippen molar-refractivity contribution in [2.75, 3.05) is 13.2 Å². The second-order valence-electron chi connectivity index (χ2n) is 5.84. The molecule has 1 aromatic rings. The molecule has 17 heavy (non-hydrogen) atoms. The summed E-state index contributed by atoms with van der Waals surface area (Å²) in [7, 11) is 0. The highest BCUT2D eigenvalue weighted by atomic mass is 35.5. The summed E-state index contributed by atoms with van der Waals surface area (Å²) in [5.41, 5.74) is 1.17. The first-order valence-electron chi connectivity index (χ1n) is 6.00. The molecule has 2 nitrogen and oxygen atoms in total. The standard InChI is InChI=1S/C14H17ClO2/c1-12(2)9-16-14(17-10-12)8-13(14,15)11-6-4-3-5-7-11/h3-7H,8-10H2,1-2H3. The Labute approximate surface area is 107 Å². The van der Waals surface area contributed by atoms with Crippen molar-refractivity contribution in [2.45, 2.75) is 30.9 Å². The van der Waals surface area contributed by atoms with Crippen molar-refractivity contribution in [3.63, 3.8) is 0 Å². The largest absolute Gasteiger partial charge is 0.347 e. The maximum atomic E-state index is 6.65. The van der Waals surface area contributed by atoms with Crippen molar-refractivity contribution in [1.82, 2.24) is 0 Å². The molecule has 1 aliphatic carbocycles. The van der Waals surface area contributed by atoms with Gasteiger partial charge in [0, 0.05) is 11.8 Å². The minimum Gasteiger partial charge on any atom is -0.347 e. The third kappa shape index (κ3) is 1.70. The summed E-state index contributed by atoms with van der Waals surface area (Å²) in [5.74, 6) is -0.592. The van der Waals surface area contributed by atoms with E-state index in [2.05, 4.69) is 13.8 Å². The van der Waals surface area contributed by atoms with Crippen molar-refractivity contribution in [3.8, 4) is 0 Å². The summed E-state index contributed by atoms with van der Waals surface area (Å²) in [4.78, 5) is -0.495. The Kier molecular flexibility index (Phi) is 2.35. The van der Waals surface area contributed by atoms with Crippen LogP contribution in [0.1, 0.15) is 25.8 Å². The van der Waals surface area contributed by atoms with Crippen LogP contribution in [-0.2, 0) is 14.3 Å². The van der Waals surface area contributed by atoms with Gasteiger partial charge in [-0.05, 0) is 5.56 Å². The van der Waals surface area contributed by atoms with Gasteiger partial charge in [-0.25, -0.2) is 0 Å². The predicted molar refractivity (Wildman–Crippen MR) is 67.0 cm³/mol. The fourth-order valence-corrected chi connectivity index (χ4v) is 2.75. The SMILES string of the molecule is CC1(C)COC2(CC2(Cl)c2ccccc2)OC1. The second kappa shape index (κ2) is 3.47. The van der Waals surface area contributed by atoms with Crippen molar-refractivity contribution in [1.29, 1.82) is 0 Å². The molecule has 1 saturated carbocycles. The van der Waals surface area contributed by atoms with Gasteiger partial charge < -0.3 is 9.47 Å². The summed E-state index contributed by atoms with van der Waals surface area (Å²) < 4.78 is 11.8. The van der Waals surface area contributed by atoms with E-state index in [4.69, 9.17) is 21.1 Å². The van der Waals surface area contributed by atoms with Crippen LogP contribution in [-0.4, -0.2) is 19.0 Å². The average Bonchev–Trinajstić information content (AvgIpc) is 2.92. The van der Waals surface area contributed by atoms with Crippen molar-refractivity contribution in [3.05, 3.63) is 35.9 Å². The molecule has 1 unspecified atom stereocenters. The molecule has 2 aliphatic rings. The zero-order valence-electron chi connectivity index (χ0n) is 10.2. The number of hydrogen-bond donors (Lipinski definition) is 0. The first-order valence-corrected chi connectivity index (χ1v) is 6.38. The van der Waals surface area contributed by atoms with Gasteiger partial charge in [0.05, 0.1) is 13.2 Å². The third-order valence-electron chi connectivity index (χ3n) is 3.58. The lowest BCUT2D eigenvalue weighted by atomic mass is 9.95. The Morgan fingerprint density at radius 3 is 2.24 bits per heavy atom. The molecule has 1 aromatic carbocycles. The fourth-order valence-electron chi connectivity index (χ4n) is 2.34. The van der Waals surface area contributed by atoms with E-state index in [0.717, 1.165) is 12.0 Å². The quantitative estimate of drug-likeness (QED) is 0.714. The Morgan fingerprint density at radius 2 is 1.65 bits per heavy atom. The van der Waals surface area contributed by atoms with Crippen LogP contribution in [0.25, 0.3) is 0 Å². The van der Waals surface area contributed by atoms with E-state index in [1.54, 1.807) is 0 Å². The molecule has 3 rings (SSSR count). The van der Waals surface area contributed by atoms with E-state index in [-0.39, 0.29) is 5.41 Å². The molecule has 0 N–H and O–H groups in total. The predicted octanol–water partition coefficient (Wildman–Crippen LogP) is 3.29. The van der Waals surface area contributed by atoms with Crippen LogP contribution in [0.15, 0.2) is 30.3 Å². The lowest BCUT2D eigenvalue weighted by molar-refractivity contribution is -0.248. The van der Waals surface area contributed by atoms with E-state index in [0.29, 0.717) is 13.2 Å². The van der Waals surface area contributed by atoms with Gasteiger partial charge in [0.15, 0.2) is 5.79 Å². The van der Waals surface area contributed by atoms with Crippen LogP contribution in [0.2, 0.25) is 0 Å². The molecule has 0 bridgehead atoms. The average molecular weight is 253 g/mol. The first-order chi connectivity index (χ1) is 7.98. The molecule has 0 radical (unpaired) electrons. The number of halogens is 1. The summed E-state index contributed by atoms with van der Waals surface area (Å²) >= 11 is 6.65. The molecule has 3 heteroatoms. The highest BCUT2D eigenvalue weighted by molar-refractivity contribution is 6.27. The normalized spacial score (nSPS) is 33.6. The highest BCUT2D eigenvalue weighted by Gasteiger charge is 2.72. The van der Waals surface area contributed by atoms with Crippen molar-refractivity contribution < 1.29 is 9.47 Å². The number of rotatable bonds is 1. The van der Waals surface area contributed by atoms with Crippen LogP contribution in [0.3, 0.4) is 0 Å². The molecule has 2 fully saturated rings. The zero-order valence-corrected chi connectivity index (χ0v) is 11.0. The van der Waals surface area contributed by atoms with E-state index in [9.17, 15) is 0 Å². The summed E-state index contributed by atoms with van der Waals surface area (Å²) in [6.45, 7) is 5.68. The third-order valence-corrected chi connectivity index (χ3v) is 4.22. The molecule has 1 atom stereocenters. The van der Waals surface area contributed by atoms with Gasteiger partial charge >= 0.3 is 0 Å². The van der Waals surface area contributed by atoms with Gasteiger partial charge in [0.2, 0.25) is 0 Å². The molecule has 1 saturated heterocycles. The summed E-state index contributed by atoms with van der Waals surface area (Å²) in [6.07, 6.45) is 0.738. The fraction of sp³-hybridized carbons (Fsp3) is 0.571. The maximum absolute atomic E-state index is 6.65. The molecule has 0 aromatic heterocycles. The molecule has 92 valence electrons. The van der Waals surface area contributed by atoms with Crippen LogP contribution in [0, 0.1) is 5.41 Å². The van der Waals surface area contributed by atoms with Crippen LogP contribution >= 0.6 is 11.6 Å². The van der Waals surface area contributed by atoms with E-state index < -0.39 is 10.7 Å². The molecule has 1 spiro atoms. The molecule has 1 aliphatic heterocycles. The van der Waals surface area contributed by atoms with Crippen LogP contribution < -0.4 is 0 Å². The van der Waals surface area contributed by atoms with Crippen LogP contribution in [0.5, 0.6) is 0 Å². The molecular formula is C14H17ClO2. The highest BCUT2D eigenvalue weighted by Crippen LogP contribution is 2.65. The molecular weight excluding hydrogens is 236 g/mol. The second-order valence-corrected chi connectivity index (χ2v) is 6.48. The molecule has 1 heterocycles. The topological polar surface area (TPSA) is 18.5 Å². The van der Waals surface area contributed by atoms with E-state index >= 15 is 0 Å². The number of benzene rings is 1. The van der Waals surface area contributed by atoms with Gasteiger partial charge in [0.1, 0.15) is 4.87 Å². The molecule has 0 amide bonds.